The smallest absolute Gasteiger partial charge is 0.267 e. The number of nitrogens with one attached hydrogen (secondary N) is 1. The normalized spacial score (nSPS) is 11.0. The summed E-state index contributed by atoms with van der Waals surface area (Å²) in [6, 6.07) is 10.4. The highest BCUT2D eigenvalue weighted by atomic mass is 32.1. The monoisotopic (exact) mass is 316 g/mol. The summed E-state index contributed by atoms with van der Waals surface area (Å²) < 4.78 is 16.4. The zero-order chi connectivity index (χ0) is 15.5. The molecule has 22 heavy (non-hydrogen) atoms. The lowest BCUT2D eigenvalue weighted by atomic mass is 10.2. The average molecular weight is 316 g/mol. The van der Waals surface area contributed by atoms with Crippen molar-refractivity contribution in [3.05, 3.63) is 58.9 Å². The molecule has 0 saturated carbocycles. The first-order chi connectivity index (χ1) is 10.7. The van der Waals surface area contributed by atoms with Crippen LogP contribution in [0.2, 0.25) is 0 Å². The van der Waals surface area contributed by atoms with E-state index in [1.807, 2.05) is 35.1 Å². The zero-order valence-corrected chi connectivity index (χ0v) is 13.1. The number of carbonyl (C=O) groups is 1. The predicted molar refractivity (Wildman–Crippen MR) is 87.9 cm³/mol. The van der Waals surface area contributed by atoms with E-state index in [2.05, 4.69) is 5.32 Å². The Balaban J connectivity index is 1.98. The van der Waals surface area contributed by atoms with E-state index >= 15 is 0 Å². The molecular weight excluding hydrogens is 299 g/mol. The summed E-state index contributed by atoms with van der Waals surface area (Å²) in [4.78, 5) is 12.3. The molecule has 2 heterocycles. The molecular formula is C17H17FN2OS. The van der Waals surface area contributed by atoms with E-state index in [0.29, 0.717) is 18.8 Å². The molecule has 3 rings (SSSR count). The number of rotatable bonds is 5. The average Bonchev–Trinajstić information content (AvgIpc) is 3.07. The molecule has 0 radical (unpaired) electrons. The zero-order valence-electron chi connectivity index (χ0n) is 12.3. The van der Waals surface area contributed by atoms with Crippen LogP contribution in [-0.4, -0.2) is 17.0 Å². The van der Waals surface area contributed by atoms with Gasteiger partial charge in [-0.15, -0.1) is 11.3 Å². The van der Waals surface area contributed by atoms with E-state index < -0.39 is 0 Å². The molecule has 0 fully saturated rings. The fourth-order valence-electron chi connectivity index (χ4n) is 2.48. The van der Waals surface area contributed by atoms with E-state index in [9.17, 15) is 9.18 Å². The molecule has 0 aliphatic carbocycles. The Bertz CT molecular complexity index is 806. The SMILES string of the molecule is CCCNC(=O)c1cc2sccc2n1Cc1cccc(F)c1. The molecule has 0 spiro atoms. The van der Waals surface area contributed by atoms with Crippen molar-refractivity contribution in [1.82, 2.24) is 9.88 Å². The lowest BCUT2D eigenvalue weighted by Gasteiger charge is -2.11. The molecule has 1 amide bonds. The van der Waals surface area contributed by atoms with Crippen LogP contribution in [-0.2, 0) is 6.54 Å². The molecule has 1 N–H and O–H groups in total. The van der Waals surface area contributed by atoms with Crippen LogP contribution >= 0.6 is 11.3 Å². The number of benzene rings is 1. The summed E-state index contributed by atoms with van der Waals surface area (Å²) in [6.07, 6.45) is 0.894. The van der Waals surface area contributed by atoms with Crippen LogP contribution in [0.4, 0.5) is 4.39 Å². The molecule has 0 unspecified atom stereocenters. The van der Waals surface area contributed by atoms with Crippen molar-refractivity contribution in [3.63, 3.8) is 0 Å². The molecule has 0 aliphatic rings. The third-order valence-corrected chi connectivity index (χ3v) is 4.37. The molecule has 0 bridgehead atoms. The summed E-state index contributed by atoms with van der Waals surface area (Å²) in [7, 11) is 0. The van der Waals surface area contributed by atoms with Crippen LogP contribution < -0.4 is 5.32 Å². The van der Waals surface area contributed by atoms with Gasteiger partial charge in [0.2, 0.25) is 0 Å². The second kappa shape index (κ2) is 6.32. The Kier molecular flexibility index (Phi) is 4.24. The van der Waals surface area contributed by atoms with Crippen LogP contribution in [0.3, 0.4) is 0 Å². The number of fused-ring (bicyclic) bond motifs is 1. The van der Waals surface area contributed by atoms with Crippen LogP contribution in [0.15, 0.2) is 41.8 Å². The first kappa shape index (κ1) is 14.8. The lowest BCUT2D eigenvalue weighted by molar-refractivity contribution is 0.0945. The van der Waals surface area contributed by atoms with Crippen molar-refractivity contribution in [2.24, 2.45) is 0 Å². The molecule has 3 aromatic rings. The van der Waals surface area contributed by atoms with Crippen molar-refractivity contribution < 1.29 is 9.18 Å². The third kappa shape index (κ3) is 2.90. The largest absolute Gasteiger partial charge is 0.351 e. The number of aromatic nitrogens is 1. The van der Waals surface area contributed by atoms with Crippen LogP contribution in [0.1, 0.15) is 29.4 Å². The highest BCUT2D eigenvalue weighted by Gasteiger charge is 2.16. The van der Waals surface area contributed by atoms with Gasteiger partial charge in [0.05, 0.1) is 10.2 Å². The first-order valence-electron chi connectivity index (χ1n) is 7.28. The quantitative estimate of drug-likeness (QED) is 0.757. The Hall–Kier alpha value is -2.14. The molecule has 1 aromatic carbocycles. The van der Waals surface area contributed by atoms with Crippen molar-refractivity contribution in [3.8, 4) is 0 Å². The van der Waals surface area contributed by atoms with Crippen LogP contribution in [0, 0.1) is 5.82 Å². The fraction of sp³-hybridized carbons (Fsp3) is 0.235. The molecule has 5 heteroatoms. The standard InChI is InChI=1S/C17H17FN2OS/c1-2-7-19-17(21)15-10-16-14(6-8-22-16)20(15)11-12-4-3-5-13(18)9-12/h3-6,8-10H,2,7,11H2,1H3,(H,19,21). The second-order valence-electron chi connectivity index (χ2n) is 5.17. The number of carbonyl (C=O) groups excluding carboxylic acids is 1. The minimum absolute atomic E-state index is 0.0818. The Labute approximate surface area is 132 Å². The number of hydrogen-bond acceptors (Lipinski definition) is 2. The molecule has 0 saturated heterocycles. The summed E-state index contributed by atoms with van der Waals surface area (Å²) in [6.45, 7) is 3.15. The number of thiophene rings is 1. The fourth-order valence-corrected chi connectivity index (χ4v) is 3.30. The maximum atomic E-state index is 13.4. The Morgan fingerprint density at radius 2 is 2.18 bits per heavy atom. The van der Waals surface area contributed by atoms with Crippen LogP contribution in [0.25, 0.3) is 10.2 Å². The predicted octanol–water partition coefficient (Wildman–Crippen LogP) is 4.03. The number of nitrogens with zero attached hydrogens (tertiary/aromatic N) is 1. The lowest BCUT2D eigenvalue weighted by Crippen LogP contribution is -2.26. The number of hydrogen-bond donors (Lipinski definition) is 1. The van der Waals surface area contributed by atoms with Crippen LogP contribution in [0.5, 0.6) is 0 Å². The number of amides is 1. The van der Waals surface area contributed by atoms with E-state index in [1.54, 1.807) is 17.4 Å². The molecule has 0 atom stereocenters. The Morgan fingerprint density at radius 3 is 2.95 bits per heavy atom. The van der Waals surface area contributed by atoms with Gasteiger partial charge in [-0.2, -0.15) is 0 Å². The minimum atomic E-state index is -0.261. The topological polar surface area (TPSA) is 34.0 Å². The summed E-state index contributed by atoms with van der Waals surface area (Å²) >= 11 is 1.60. The van der Waals surface area contributed by atoms with E-state index in [4.69, 9.17) is 0 Å². The molecule has 2 aromatic heterocycles. The van der Waals surface area contributed by atoms with Crippen molar-refractivity contribution >= 4 is 27.5 Å². The first-order valence-corrected chi connectivity index (χ1v) is 8.16. The van der Waals surface area contributed by atoms with Gasteiger partial charge in [0.25, 0.3) is 5.91 Å². The van der Waals surface area contributed by atoms with Crippen molar-refractivity contribution in [1.29, 1.82) is 0 Å². The van der Waals surface area contributed by atoms with Crippen molar-refractivity contribution in [2.75, 3.05) is 6.54 Å². The maximum absolute atomic E-state index is 13.4. The van der Waals surface area contributed by atoms with Gasteiger partial charge in [0.15, 0.2) is 0 Å². The van der Waals surface area contributed by atoms with Gasteiger partial charge >= 0.3 is 0 Å². The van der Waals surface area contributed by atoms with Gasteiger partial charge in [-0.1, -0.05) is 19.1 Å². The Morgan fingerprint density at radius 1 is 1.32 bits per heavy atom. The molecule has 0 aliphatic heterocycles. The number of halogens is 1. The van der Waals surface area contributed by atoms with Gasteiger partial charge in [0, 0.05) is 13.1 Å². The molecule has 114 valence electrons. The molecule has 3 nitrogen and oxygen atoms in total. The van der Waals surface area contributed by atoms with Gasteiger partial charge < -0.3 is 9.88 Å². The van der Waals surface area contributed by atoms with E-state index in [-0.39, 0.29) is 11.7 Å². The summed E-state index contributed by atoms with van der Waals surface area (Å²) in [5.74, 6) is -0.343. The van der Waals surface area contributed by atoms with Gasteiger partial charge in [-0.05, 0) is 41.6 Å². The minimum Gasteiger partial charge on any atom is -0.351 e. The maximum Gasteiger partial charge on any atom is 0.267 e. The summed E-state index contributed by atoms with van der Waals surface area (Å²) in [5, 5.41) is 4.91. The van der Waals surface area contributed by atoms with Crippen molar-refractivity contribution in [2.45, 2.75) is 19.9 Å². The third-order valence-electron chi connectivity index (χ3n) is 3.52. The second-order valence-corrected chi connectivity index (χ2v) is 6.12. The summed E-state index contributed by atoms with van der Waals surface area (Å²) in [5.41, 5.74) is 2.48. The highest BCUT2D eigenvalue weighted by molar-refractivity contribution is 7.17. The highest BCUT2D eigenvalue weighted by Crippen LogP contribution is 2.26. The van der Waals surface area contributed by atoms with Gasteiger partial charge in [-0.25, -0.2) is 4.39 Å². The van der Waals surface area contributed by atoms with Gasteiger partial charge in [-0.3, -0.25) is 4.79 Å². The van der Waals surface area contributed by atoms with Gasteiger partial charge in [0.1, 0.15) is 11.5 Å². The van der Waals surface area contributed by atoms with E-state index in [1.165, 1.54) is 12.1 Å². The van der Waals surface area contributed by atoms with E-state index in [0.717, 1.165) is 22.2 Å².